The fourth-order valence-corrected chi connectivity index (χ4v) is 2.30. The van der Waals surface area contributed by atoms with Crippen molar-refractivity contribution in [3.63, 3.8) is 0 Å². The number of hydrogen-bond acceptors (Lipinski definition) is 2. The molecule has 3 nitrogen and oxygen atoms in total. The highest BCUT2D eigenvalue weighted by atomic mass is 16.1. The Morgan fingerprint density at radius 2 is 1.71 bits per heavy atom. The van der Waals surface area contributed by atoms with Crippen LogP contribution in [0.1, 0.15) is 15.9 Å². The Labute approximate surface area is 123 Å². The average molecular weight is 276 g/mol. The molecular weight excluding hydrogens is 260 g/mol. The van der Waals surface area contributed by atoms with E-state index in [0.29, 0.717) is 6.42 Å². The van der Waals surface area contributed by atoms with Gasteiger partial charge in [-0.3, -0.25) is 9.48 Å². The molecule has 0 radical (unpaired) electrons. The molecule has 3 heteroatoms. The standard InChI is InChI=1S/C18H16N2O/c1-20-13-17(12-19-20)15-9-7-14(8-10-15)11-18(21)16-5-3-2-4-6-16/h2-10,12-13H,11H2,1H3. The van der Waals surface area contributed by atoms with Crippen LogP contribution in [0.2, 0.25) is 0 Å². The summed E-state index contributed by atoms with van der Waals surface area (Å²) in [4.78, 5) is 12.2. The van der Waals surface area contributed by atoms with E-state index in [9.17, 15) is 4.79 Å². The van der Waals surface area contributed by atoms with Crippen LogP contribution in [0.3, 0.4) is 0 Å². The molecule has 104 valence electrons. The van der Waals surface area contributed by atoms with E-state index in [1.54, 1.807) is 4.68 Å². The lowest BCUT2D eigenvalue weighted by molar-refractivity contribution is 0.0993. The zero-order chi connectivity index (χ0) is 14.7. The number of Topliss-reactive ketones (excluding diaryl/α,β-unsaturated/α-hetero) is 1. The molecule has 0 fully saturated rings. The first kappa shape index (κ1) is 13.3. The van der Waals surface area contributed by atoms with E-state index < -0.39 is 0 Å². The van der Waals surface area contributed by atoms with Crippen LogP contribution in [0.25, 0.3) is 11.1 Å². The summed E-state index contributed by atoms with van der Waals surface area (Å²) in [7, 11) is 1.90. The van der Waals surface area contributed by atoms with Crippen LogP contribution in [-0.4, -0.2) is 15.6 Å². The number of ketones is 1. The number of nitrogens with zero attached hydrogens (tertiary/aromatic N) is 2. The van der Waals surface area contributed by atoms with Gasteiger partial charge >= 0.3 is 0 Å². The number of rotatable bonds is 4. The minimum absolute atomic E-state index is 0.143. The minimum Gasteiger partial charge on any atom is -0.294 e. The van der Waals surface area contributed by atoms with Crippen LogP contribution in [0.4, 0.5) is 0 Å². The smallest absolute Gasteiger partial charge is 0.167 e. The monoisotopic (exact) mass is 276 g/mol. The summed E-state index contributed by atoms with van der Waals surface area (Å²) in [6, 6.07) is 17.5. The number of aryl methyl sites for hydroxylation is 1. The van der Waals surface area contributed by atoms with E-state index in [-0.39, 0.29) is 5.78 Å². The maximum atomic E-state index is 12.2. The van der Waals surface area contributed by atoms with E-state index in [1.165, 1.54) is 0 Å². The van der Waals surface area contributed by atoms with E-state index in [2.05, 4.69) is 5.10 Å². The maximum Gasteiger partial charge on any atom is 0.167 e. The first-order valence-electron chi connectivity index (χ1n) is 6.88. The van der Waals surface area contributed by atoms with Crippen LogP contribution in [0, 0.1) is 0 Å². The van der Waals surface area contributed by atoms with Crippen LogP contribution in [0.15, 0.2) is 67.0 Å². The molecule has 21 heavy (non-hydrogen) atoms. The lowest BCUT2D eigenvalue weighted by Gasteiger charge is -2.03. The van der Waals surface area contributed by atoms with Gasteiger partial charge in [0.1, 0.15) is 0 Å². The molecule has 2 aromatic carbocycles. The number of aromatic nitrogens is 2. The first-order chi connectivity index (χ1) is 10.2. The van der Waals surface area contributed by atoms with Crippen molar-refractivity contribution in [1.29, 1.82) is 0 Å². The second-order valence-electron chi connectivity index (χ2n) is 5.07. The van der Waals surface area contributed by atoms with Crippen molar-refractivity contribution < 1.29 is 4.79 Å². The van der Waals surface area contributed by atoms with Gasteiger partial charge in [0, 0.05) is 30.8 Å². The second-order valence-corrected chi connectivity index (χ2v) is 5.07. The van der Waals surface area contributed by atoms with Crippen LogP contribution in [-0.2, 0) is 13.5 Å². The van der Waals surface area contributed by atoms with Gasteiger partial charge in [0.25, 0.3) is 0 Å². The summed E-state index contributed by atoms with van der Waals surface area (Å²) in [5.74, 6) is 0.143. The molecule has 0 amide bonds. The lowest BCUT2D eigenvalue weighted by Crippen LogP contribution is -2.02. The molecule has 0 saturated heterocycles. The fourth-order valence-electron chi connectivity index (χ4n) is 2.30. The minimum atomic E-state index is 0.143. The van der Waals surface area contributed by atoms with Gasteiger partial charge < -0.3 is 0 Å². The van der Waals surface area contributed by atoms with E-state index in [4.69, 9.17) is 0 Å². The van der Waals surface area contributed by atoms with Crippen molar-refractivity contribution >= 4 is 5.78 Å². The largest absolute Gasteiger partial charge is 0.294 e. The predicted octanol–water partition coefficient (Wildman–Crippen LogP) is 3.51. The Morgan fingerprint density at radius 3 is 2.33 bits per heavy atom. The number of benzene rings is 2. The predicted molar refractivity (Wildman–Crippen MR) is 83.1 cm³/mol. The van der Waals surface area contributed by atoms with E-state index >= 15 is 0 Å². The highest BCUT2D eigenvalue weighted by Gasteiger charge is 2.07. The number of carbonyl (C=O) groups is 1. The molecule has 0 unspecified atom stereocenters. The van der Waals surface area contributed by atoms with E-state index in [1.807, 2.05) is 74.0 Å². The van der Waals surface area contributed by atoms with Crippen molar-refractivity contribution in [3.05, 3.63) is 78.1 Å². The van der Waals surface area contributed by atoms with Crippen molar-refractivity contribution in [2.24, 2.45) is 7.05 Å². The van der Waals surface area contributed by atoms with Gasteiger partial charge in [0.15, 0.2) is 5.78 Å². The normalized spacial score (nSPS) is 10.5. The van der Waals surface area contributed by atoms with Gasteiger partial charge in [-0.15, -0.1) is 0 Å². The molecule has 3 aromatic rings. The third kappa shape index (κ3) is 3.08. The molecular formula is C18H16N2O. The van der Waals surface area contributed by atoms with Gasteiger partial charge in [0.2, 0.25) is 0 Å². The summed E-state index contributed by atoms with van der Waals surface area (Å²) >= 11 is 0. The molecule has 0 atom stereocenters. The summed E-state index contributed by atoms with van der Waals surface area (Å²) in [5, 5.41) is 4.17. The molecule has 0 aliphatic carbocycles. The molecule has 0 N–H and O–H groups in total. The second kappa shape index (κ2) is 5.75. The molecule has 0 spiro atoms. The summed E-state index contributed by atoms with van der Waals surface area (Å²) in [5.41, 5.74) is 3.97. The fraction of sp³-hybridized carbons (Fsp3) is 0.111. The maximum absolute atomic E-state index is 12.2. The molecule has 0 saturated carbocycles. The molecule has 1 aromatic heterocycles. The summed E-state index contributed by atoms with van der Waals surface area (Å²) < 4.78 is 1.78. The highest BCUT2D eigenvalue weighted by Crippen LogP contribution is 2.19. The SMILES string of the molecule is Cn1cc(-c2ccc(CC(=O)c3ccccc3)cc2)cn1. The molecule has 3 rings (SSSR count). The Morgan fingerprint density at radius 1 is 1.00 bits per heavy atom. The topological polar surface area (TPSA) is 34.9 Å². The zero-order valence-corrected chi connectivity index (χ0v) is 11.9. The van der Waals surface area contributed by atoms with Crippen molar-refractivity contribution in [1.82, 2.24) is 9.78 Å². The van der Waals surface area contributed by atoms with Crippen LogP contribution >= 0.6 is 0 Å². The number of carbonyl (C=O) groups excluding carboxylic acids is 1. The molecule has 1 heterocycles. The average Bonchev–Trinajstić information content (AvgIpc) is 2.95. The Kier molecular flexibility index (Phi) is 3.65. The molecule has 0 aliphatic heterocycles. The summed E-state index contributed by atoms with van der Waals surface area (Å²) in [6.07, 6.45) is 4.24. The Hall–Kier alpha value is -2.68. The van der Waals surface area contributed by atoms with Gasteiger partial charge in [-0.1, -0.05) is 54.6 Å². The van der Waals surface area contributed by atoms with Gasteiger partial charge in [-0.2, -0.15) is 5.10 Å². The third-order valence-corrected chi connectivity index (χ3v) is 3.45. The first-order valence-corrected chi connectivity index (χ1v) is 6.88. The van der Waals surface area contributed by atoms with Crippen molar-refractivity contribution in [2.45, 2.75) is 6.42 Å². The summed E-state index contributed by atoms with van der Waals surface area (Å²) in [6.45, 7) is 0. The van der Waals surface area contributed by atoms with Crippen molar-refractivity contribution in [2.75, 3.05) is 0 Å². The van der Waals surface area contributed by atoms with Gasteiger partial charge in [-0.25, -0.2) is 0 Å². The Bertz CT molecular complexity index is 742. The lowest BCUT2D eigenvalue weighted by atomic mass is 10.0. The quantitative estimate of drug-likeness (QED) is 0.683. The van der Waals surface area contributed by atoms with Crippen LogP contribution < -0.4 is 0 Å². The number of hydrogen-bond donors (Lipinski definition) is 0. The van der Waals surface area contributed by atoms with Crippen molar-refractivity contribution in [3.8, 4) is 11.1 Å². The Balaban J connectivity index is 1.74. The zero-order valence-electron chi connectivity index (χ0n) is 11.9. The van der Waals surface area contributed by atoms with Gasteiger partial charge in [-0.05, 0) is 11.1 Å². The van der Waals surface area contributed by atoms with Gasteiger partial charge in [0.05, 0.1) is 6.20 Å². The van der Waals surface area contributed by atoms with E-state index in [0.717, 1.165) is 22.3 Å². The third-order valence-electron chi connectivity index (χ3n) is 3.45. The molecule has 0 aliphatic rings. The van der Waals surface area contributed by atoms with Crippen LogP contribution in [0.5, 0.6) is 0 Å². The molecule has 0 bridgehead atoms. The highest BCUT2D eigenvalue weighted by molar-refractivity contribution is 5.97.